The number of aryl methyl sites for hydroxylation is 1. The average molecular weight is 283 g/mol. The maximum absolute atomic E-state index is 12.2. The highest BCUT2D eigenvalue weighted by Gasteiger charge is 2.13. The molecule has 0 aliphatic rings. The minimum atomic E-state index is -0.135. The number of benzene rings is 2. The van der Waals surface area contributed by atoms with Crippen molar-refractivity contribution in [1.82, 2.24) is 5.32 Å². The largest absolute Gasteiger partial charge is 0.508 e. The number of carbonyl (C=O) groups excluding carboxylic acids is 1. The molecule has 1 unspecified atom stereocenters. The fraction of sp³-hybridized carbons (Fsp3) is 0.278. The summed E-state index contributed by atoms with van der Waals surface area (Å²) in [5.41, 5.74) is 2.42. The Hall–Kier alpha value is -2.29. The van der Waals surface area contributed by atoms with Crippen LogP contribution in [0.5, 0.6) is 5.75 Å². The maximum atomic E-state index is 12.2. The van der Waals surface area contributed by atoms with Crippen LogP contribution in [0.2, 0.25) is 0 Å². The third-order valence-electron chi connectivity index (χ3n) is 3.64. The highest BCUT2D eigenvalue weighted by Crippen LogP contribution is 2.19. The summed E-state index contributed by atoms with van der Waals surface area (Å²) in [6.45, 7) is 3.75. The van der Waals surface area contributed by atoms with Gasteiger partial charge in [0.05, 0.1) is 0 Å². The predicted octanol–water partition coefficient (Wildman–Crippen LogP) is 3.45. The Bertz CT molecular complexity index is 608. The van der Waals surface area contributed by atoms with Crippen LogP contribution in [0.15, 0.2) is 48.5 Å². The lowest BCUT2D eigenvalue weighted by molar-refractivity contribution is 0.0937. The van der Waals surface area contributed by atoms with E-state index in [0.717, 1.165) is 12.8 Å². The quantitative estimate of drug-likeness (QED) is 0.883. The smallest absolute Gasteiger partial charge is 0.251 e. The molecule has 0 saturated carbocycles. The number of hydrogen-bond acceptors (Lipinski definition) is 2. The molecule has 2 rings (SSSR count). The fourth-order valence-corrected chi connectivity index (χ4v) is 2.27. The van der Waals surface area contributed by atoms with Gasteiger partial charge in [-0.2, -0.15) is 0 Å². The molecular weight excluding hydrogens is 262 g/mol. The fourth-order valence-electron chi connectivity index (χ4n) is 2.27. The molecular formula is C18H21NO2. The van der Waals surface area contributed by atoms with Crippen LogP contribution in [0.4, 0.5) is 0 Å². The first kappa shape index (κ1) is 15.1. The summed E-state index contributed by atoms with van der Waals surface area (Å²) in [5.74, 6) is 0.0172. The molecule has 1 atom stereocenters. The van der Waals surface area contributed by atoms with E-state index in [1.54, 1.807) is 25.1 Å². The van der Waals surface area contributed by atoms with Gasteiger partial charge in [-0.1, -0.05) is 36.4 Å². The summed E-state index contributed by atoms with van der Waals surface area (Å²) in [4.78, 5) is 12.2. The second kappa shape index (κ2) is 6.93. The summed E-state index contributed by atoms with van der Waals surface area (Å²) < 4.78 is 0. The van der Waals surface area contributed by atoms with Gasteiger partial charge in [-0.15, -0.1) is 0 Å². The van der Waals surface area contributed by atoms with Crippen molar-refractivity contribution >= 4 is 5.91 Å². The third kappa shape index (κ3) is 4.09. The summed E-state index contributed by atoms with van der Waals surface area (Å²) in [6, 6.07) is 15.3. The lowest BCUT2D eigenvalue weighted by Crippen LogP contribution is -2.33. The molecule has 1 amide bonds. The molecule has 0 saturated heterocycles. The van der Waals surface area contributed by atoms with Crippen molar-refractivity contribution in [3.63, 3.8) is 0 Å². The van der Waals surface area contributed by atoms with Crippen LogP contribution in [0.1, 0.15) is 34.8 Å². The monoisotopic (exact) mass is 283 g/mol. The van der Waals surface area contributed by atoms with E-state index in [0.29, 0.717) is 11.1 Å². The van der Waals surface area contributed by atoms with E-state index < -0.39 is 0 Å². The predicted molar refractivity (Wildman–Crippen MR) is 84.5 cm³/mol. The van der Waals surface area contributed by atoms with Crippen molar-refractivity contribution in [2.75, 3.05) is 0 Å². The number of carbonyl (C=O) groups is 1. The Morgan fingerprint density at radius 1 is 1.14 bits per heavy atom. The van der Waals surface area contributed by atoms with Gasteiger partial charge in [0.15, 0.2) is 0 Å². The van der Waals surface area contributed by atoms with Crippen molar-refractivity contribution in [2.45, 2.75) is 32.7 Å². The Morgan fingerprint density at radius 3 is 2.57 bits per heavy atom. The number of aromatic hydroxyl groups is 1. The van der Waals surface area contributed by atoms with Crippen molar-refractivity contribution in [2.24, 2.45) is 0 Å². The molecule has 0 heterocycles. The van der Waals surface area contributed by atoms with Crippen molar-refractivity contribution in [1.29, 1.82) is 0 Å². The van der Waals surface area contributed by atoms with E-state index in [9.17, 15) is 9.90 Å². The number of rotatable bonds is 5. The van der Waals surface area contributed by atoms with Crippen molar-refractivity contribution < 1.29 is 9.90 Å². The summed E-state index contributed by atoms with van der Waals surface area (Å²) in [5, 5.41) is 12.6. The topological polar surface area (TPSA) is 49.3 Å². The average Bonchev–Trinajstić information content (AvgIpc) is 2.49. The van der Waals surface area contributed by atoms with Crippen molar-refractivity contribution in [3.8, 4) is 5.75 Å². The molecule has 0 fully saturated rings. The van der Waals surface area contributed by atoms with E-state index in [2.05, 4.69) is 17.4 Å². The normalized spacial score (nSPS) is 11.9. The molecule has 0 aromatic heterocycles. The molecule has 0 spiro atoms. The Kier molecular flexibility index (Phi) is 4.99. The van der Waals surface area contributed by atoms with E-state index in [4.69, 9.17) is 0 Å². The van der Waals surface area contributed by atoms with Gasteiger partial charge >= 0.3 is 0 Å². The molecule has 3 nitrogen and oxygen atoms in total. The van der Waals surface area contributed by atoms with Crippen LogP contribution >= 0.6 is 0 Å². The maximum Gasteiger partial charge on any atom is 0.251 e. The SMILES string of the molecule is Cc1c(O)cccc1C(=O)NC(C)CCc1ccccc1. The van der Waals surface area contributed by atoms with Gasteiger partial charge in [-0.3, -0.25) is 4.79 Å². The van der Waals surface area contributed by atoms with Crippen LogP contribution in [0.3, 0.4) is 0 Å². The molecule has 110 valence electrons. The Balaban J connectivity index is 1.92. The van der Waals surface area contributed by atoms with Crippen LogP contribution in [-0.2, 0) is 6.42 Å². The van der Waals surface area contributed by atoms with Gasteiger partial charge in [0, 0.05) is 17.2 Å². The van der Waals surface area contributed by atoms with E-state index in [-0.39, 0.29) is 17.7 Å². The van der Waals surface area contributed by atoms with Gasteiger partial charge in [-0.25, -0.2) is 0 Å². The standard InChI is InChI=1S/C18H21NO2/c1-13(11-12-15-7-4-3-5-8-15)19-18(21)16-9-6-10-17(20)14(16)2/h3-10,13,20H,11-12H2,1-2H3,(H,19,21). The van der Waals surface area contributed by atoms with Crippen LogP contribution in [-0.4, -0.2) is 17.1 Å². The zero-order valence-electron chi connectivity index (χ0n) is 12.5. The summed E-state index contributed by atoms with van der Waals surface area (Å²) >= 11 is 0. The van der Waals surface area contributed by atoms with Gasteiger partial charge in [0.25, 0.3) is 5.91 Å². The highest BCUT2D eigenvalue weighted by atomic mass is 16.3. The van der Waals surface area contributed by atoms with Gasteiger partial charge in [0.1, 0.15) is 5.75 Å². The van der Waals surface area contributed by atoms with Crippen LogP contribution in [0, 0.1) is 6.92 Å². The zero-order valence-corrected chi connectivity index (χ0v) is 12.5. The zero-order chi connectivity index (χ0) is 15.2. The van der Waals surface area contributed by atoms with Gasteiger partial charge < -0.3 is 10.4 Å². The summed E-state index contributed by atoms with van der Waals surface area (Å²) in [7, 11) is 0. The first-order chi connectivity index (χ1) is 10.1. The number of amides is 1. The van der Waals surface area contributed by atoms with Crippen LogP contribution < -0.4 is 5.32 Å². The van der Waals surface area contributed by atoms with E-state index in [1.807, 2.05) is 25.1 Å². The molecule has 0 aliphatic heterocycles. The second-order valence-corrected chi connectivity index (χ2v) is 5.35. The first-order valence-electron chi connectivity index (χ1n) is 7.21. The number of hydrogen-bond donors (Lipinski definition) is 2. The molecule has 2 aromatic carbocycles. The molecule has 0 radical (unpaired) electrons. The minimum absolute atomic E-state index is 0.0828. The van der Waals surface area contributed by atoms with Gasteiger partial charge in [-0.05, 0) is 44.4 Å². The van der Waals surface area contributed by atoms with E-state index >= 15 is 0 Å². The van der Waals surface area contributed by atoms with Crippen LogP contribution in [0.25, 0.3) is 0 Å². The molecule has 0 aliphatic carbocycles. The Morgan fingerprint density at radius 2 is 1.86 bits per heavy atom. The first-order valence-corrected chi connectivity index (χ1v) is 7.21. The second-order valence-electron chi connectivity index (χ2n) is 5.35. The number of phenols is 1. The molecule has 0 bridgehead atoms. The molecule has 2 aromatic rings. The van der Waals surface area contributed by atoms with Crippen molar-refractivity contribution in [3.05, 3.63) is 65.2 Å². The Labute approximate surface area is 125 Å². The molecule has 21 heavy (non-hydrogen) atoms. The lowest BCUT2D eigenvalue weighted by atomic mass is 10.0. The number of phenolic OH excluding ortho intramolecular Hbond substituents is 1. The summed E-state index contributed by atoms with van der Waals surface area (Å²) in [6.07, 6.45) is 1.81. The minimum Gasteiger partial charge on any atom is -0.508 e. The lowest BCUT2D eigenvalue weighted by Gasteiger charge is -2.15. The highest BCUT2D eigenvalue weighted by molar-refractivity contribution is 5.96. The number of nitrogens with one attached hydrogen (secondary N) is 1. The van der Waals surface area contributed by atoms with Gasteiger partial charge in [0.2, 0.25) is 0 Å². The van der Waals surface area contributed by atoms with E-state index in [1.165, 1.54) is 5.56 Å². The third-order valence-corrected chi connectivity index (χ3v) is 3.64. The molecule has 2 N–H and O–H groups in total. The molecule has 3 heteroatoms.